The molecule has 124 valence electrons. The molecule has 1 N–H and O–H groups in total. The van der Waals surface area contributed by atoms with Crippen molar-refractivity contribution in [2.75, 3.05) is 26.3 Å². The number of rotatable bonds is 5. The fraction of sp³-hybridized carbons (Fsp3) is 0.333. The average molecular weight is 336 g/mol. The summed E-state index contributed by atoms with van der Waals surface area (Å²) < 4.78 is 11.2. The van der Waals surface area contributed by atoms with Gasteiger partial charge in [-0.3, -0.25) is 4.90 Å². The zero-order valence-electron chi connectivity index (χ0n) is 13.0. The minimum Gasteiger partial charge on any atom is -0.508 e. The number of hydrogen-bond donors (Lipinski definition) is 1. The highest BCUT2D eigenvalue weighted by Gasteiger charge is 2.13. The SMILES string of the molecule is Cl.Oc1ccc(OCc2ccccc2)cc1CN1CCOCC1. The highest BCUT2D eigenvalue weighted by Crippen LogP contribution is 2.25. The van der Waals surface area contributed by atoms with Crippen LogP contribution in [0.3, 0.4) is 0 Å². The van der Waals surface area contributed by atoms with Crippen LogP contribution in [-0.4, -0.2) is 36.3 Å². The van der Waals surface area contributed by atoms with Crippen LogP contribution in [0, 0.1) is 0 Å². The third-order valence-electron chi connectivity index (χ3n) is 3.80. The van der Waals surface area contributed by atoms with Crippen molar-refractivity contribution in [3.63, 3.8) is 0 Å². The molecule has 0 atom stereocenters. The Kier molecular flexibility index (Phi) is 6.71. The van der Waals surface area contributed by atoms with E-state index >= 15 is 0 Å². The molecule has 1 saturated heterocycles. The van der Waals surface area contributed by atoms with Crippen molar-refractivity contribution in [1.82, 2.24) is 4.90 Å². The van der Waals surface area contributed by atoms with Crippen LogP contribution in [0.25, 0.3) is 0 Å². The summed E-state index contributed by atoms with van der Waals surface area (Å²) in [6.45, 7) is 4.55. The first-order valence-electron chi connectivity index (χ1n) is 7.60. The predicted molar refractivity (Wildman–Crippen MR) is 92.2 cm³/mol. The lowest BCUT2D eigenvalue weighted by atomic mass is 10.1. The molecule has 23 heavy (non-hydrogen) atoms. The molecule has 0 spiro atoms. The average Bonchev–Trinajstić information content (AvgIpc) is 2.57. The first-order chi connectivity index (χ1) is 10.8. The number of benzene rings is 2. The summed E-state index contributed by atoms with van der Waals surface area (Å²) >= 11 is 0. The second kappa shape index (κ2) is 8.77. The smallest absolute Gasteiger partial charge is 0.120 e. The molecule has 1 aliphatic heterocycles. The molecular formula is C18H22ClNO3. The van der Waals surface area contributed by atoms with Crippen LogP contribution in [-0.2, 0) is 17.9 Å². The molecule has 0 bridgehead atoms. The maximum absolute atomic E-state index is 10.0. The summed E-state index contributed by atoms with van der Waals surface area (Å²) in [6.07, 6.45) is 0. The fourth-order valence-electron chi connectivity index (χ4n) is 2.52. The van der Waals surface area contributed by atoms with Gasteiger partial charge in [0.1, 0.15) is 18.1 Å². The summed E-state index contributed by atoms with van der Waals surface area (Å²) in [6, 6.07) is 15.5. The van der Waals surface area contributed by atoms with Crippen LogP contribution in [0.2, 0.25) is 0 Å². The van der Waals surface area contributed by atoms with Gasteiger partial charge >= 0.3 is 0 Å². The summed E-state index contributed by atoms with van der Waals surface area (Å²) in [4.78, 5) is 2.28. The van der Waals surface area contributed by atoms with E-state index < -0.39 is 0 Å². The Morgan fingerprint density at radius 3 is 2.52 bits per heavy atom. The maximum atomic E-state index is 10.0. The van der Waals surface area contributed by atoms with Gasteiger partial charge in [-0.25, -0.2) is 0 Å². The Bertz CT molecular complexity index is 600. The lowest BCUT2D eigenvalue weighted by Crippen LogP contribution is -2.35. The largest absolute Gasteiger partial charge is 0.508 e. The summed E-state index contributed by atoms with van der Waals surface area (Å²) in [5.74, 6) is 1.10. The fourth-order valence-corrected chi connectivity index (χ4v) is 2.52. The van der Waals surface area contributed by atoms with Crippen LogP contribution in [0.5, 0.6) is 11.5 Å². The number of aromatic hydroxyl groups is 1. The molecule has 1 aliphatic rings. The molecule has 5 heteroatoms. The zero-order valence-corrected chi connectivity index (χ0v) is 13.8. The first kappa shape index (κ1) is 17.6. The maximum Gasteiger partial charge on any atom is 0.120 e. The minimum absolute atomic E-state index is 0. The molecule has 0 saturated carbocycles. The number of phenolic OH excluding ortho intramolecular Hbond substituents is 1. The summed E-state index contributed by atoms with van der Waals surface area (Å²) in [5.41, 5.74) is 2.03. The second-order valence-corrected chi connectivity index (χ2v) is 5.45. The molecule has 0 amide bonds. The van der Waals surface area contributed by atoms with Crippen LogP contribution in [0.4, 0.5) is 0 Å². The van der Waals surface area contributed by atoms with Crippen molar-refractivity contribution in [2.24, 2.45) is 0 Å². The third kappa shape index (κ3) is 5.13. The Morgan fingerprint density at radius 1 is 1.04 bits per heavy atom. The molecule has 0 unspecified atom stereocenters. The molecule has 0 aromatic heterocycles. The number of morpholine rings is 1. The number of halogens is 1. The number of ether oxygens (including phenoxy) is 2. The zero-order chi connectivity index (χ0) is 15.2. The molecule has 1 heterocycles. The van der Waals surface area contributed by atoms with E-state index in [1.54, 1.807) is 12.1 Å². The number of nitrogens with zero attached hydrogens (tertiary/aromatic N) is 1. The van der Waals surface area contributed by atoms with Crippen molar-refractivity contribution in [3.05, 3.63) is 59.7 Å². The second-order valence-electron chi connectivity index (χ2n) is 5.45. The lowest BCUT2D eigenvalue weighted by Gasteiger charge is -2.26. The quantitative estimate of drug-likeness (QED) is 0.911. The van der Waals surface area contributed by atoms with E-state index in [9.17, 15) is 5.11 Å². The molecular weight excluding hydrogens is 314 g/mol. The van der Waals surface area contributed by atoms with Crippen molar-refractivity contribution < 1.29 is 14.6 Å². The van der Waals surface area contributed by atoms with Crippen molar-refractivity contribution in [1.29, 1.82) is 0 Å². The van der Waals surface area contributed by atoms with Gasteiger partial charge in [0.05, 0.1) is 13.2 Å². The highest BCUT2D eigenvalue weighted by molar-refractivity contribution is 5.85. The van der Waals surface area contributed by atoms with Crippen LogP contribution < -0.4 is 4.74 Å². The standard InChI is InChI=1S/C18H21NO3.ClH/c20-18-7-6-17(22-14-15-4-2-1-3-5-15)12-16(18)13-19-8-10-21-11-9-19;/h1-7,12,20H,8-11,13-14H2;1H. The third-order valence-corrected chi connectivity index (χ3v) is 3.80. The lowest BCUT2D eigenvalue weighted by molar-refractivity contribution is 0.0338. The Balaban J connectivity index is 0.00000192. The topological polar surface area (TPSA) is 41.9 Å². The van der Waals surface area contributed by atoms with Crippen molar-refractivity contribution in [3.8, 4) is 11.5 Å². The van der Waals surface area contributed by atoms with Gasteiger partial charge in [-0.1, -0.05) is 30.3 Å². The molecule has 1 fully saturated rings. The van der Waals surface area contributed by atoms with Gasteiger partial charge < -0.3 is 14.6 Å². The first-order valence-corrected chi connectivity index (χ1v) is 7.60. The summed E-state index contributed by atoms with van der Waals surface area (Å²) in [7, 11) is 0. The molecule has 2 aromatic rings. The van der Waals surface area contributed by atoms with E-state index in [0.29, 0.717) is 12.4 Å². The van der Waals surface area contributed by atoms with Crippen LogP contribution in [0.1, 0.15) is 11.1 Å². The molecule has 0 aliphatic carbocycles. The molecule has 2 aromatic carbocycles. The van der Waals surface area contributed by atoms with Gasteiger partial charge in [-0.15, -0.1) is 12.4 Å². The van der Waals surface area contributed by atoms with Gasteiger partial charge in [0.25, 0.3) is 0 Å². The Labute approximate surface area is 143 Å². The molecule has 0 radical (unpaired) electrons. The van der Waals surface area contributed by atoms with Gasteiger partial charge in [0.2, 0.25) is 0 Å². The van der Waals surface area contributed by atoms with E-state index in [1.807, 2.05) is 36.4 Å². The normalized spacial score (nSPS) is 15.0. The van der Waals surface area contributed by atoms with Gasteiger partial charge in [0.15, 0.2) is 0 Å². The van der Waals surface area contributed by atoms with Gasteiger partial charge in [0, 0.05) is 25.2 Å². The predicted octanol–water partition coefficient (Wildman–Crippen LogP) is 3.23. The van der Waals surface area contributed by atoms with Crippen molar-refractivity contribution >= 4 is 12.4 Å². The molecule has 4 nitrogen and oxygen atoms in total. The van der Waals surface area contributed by atoms with Crippen LogP contribution >= 0.6 is 12.4 Å². The Morgan fingerprint density at radius 2 is 1.78 bits per heavy atom. The Hall–Kier alpha value is -1.75. The van der Waals surface area contributed by atoms with E-state index in [1.165, 1.54) is 0 Å². The monoisotopic (exact) mass is 335 g/mol. The molecule has 3 rings (SSSR count). The van der Waals surface area contributed by atoms with E-state index in [4.69, 9.17) is 9.47 Å². The van der Waals surface area contributed by atoms with Crippen molar-refractivity contribution in [2.45, 2.75) is 13.2 Å². The van der Waals surface area contributed by atoms with Gasteiger partial charge in [-0.05, 0) is 23.8 Å². The van der Waals surface area contributed by atoms with Gasteiger partial charge in [-0.2, -0.15) is 0 Å². The minimum atomic E-state index is 0. The van der Waals surface area contributed by atoms with E-state index in [0.717, 1.165) is 49.7 Å². The van der Waals surface area contributed by atoms with Crippen LogP contribution in [0.15, 0.2) is 48.5 Å². The van der Waals surface area contributed by atoms with E-state index in [-0.39, 0.29) is 12.4 Å². The summed E-state index contributed by atoms with van der Waals surface area (Å²) in [5, 5.41) is 10.0. The number of phenols is 1. The highest BCUT2D eigenvalue weighted by atomic mass is 35.5. The number of hydrogen-bond acceptors (Lipinski definition) is 4. The van der Waals surface area contributed by atoms with E-state index in [2.05, 4.69) is 4.90 Å².